The van der Waals surface area contributed by atoms with Crippen molar-refractivity contribution in [2.75, 3.05) is 18.4 Å². The minimum Gasteiger partial charge on any atom is -0.326 e. The molecule has 1 aliphatic heterocycles. The Morgan fingerprint density at radius 2 is 2.33 bits per heavy atom. The van der Waals surface area contributed by atoms with E-state index in [0.717, 1.165) is 19.5 Å². The minimum absolute atomic E-state index is 0.0229. The second-order valence-corrected chi connectivity index (χ2v) is 5.73. The van der Waals surface area contributed by atoms with Crippen LogP contribution in [0.5, 0.6) is 0 Å². The predicted octanol–water partition coefficient (Wildman–Crippen LogP) is 3.15. The average molecular weight is 285 g/mol. The number of nitrogens with one attached hydrogen (secondary N) is 1. The molecule has 1 aromatic carbocycles. The Labute approximate surface area is 126 Å². The highest BCUT2D eigenvalue weighted by atomic mass is 16.1. The van der Waals surface area contributed by atoms with Gasteiger partial charge in [0.25, 0.3) is 0 Å². The molecule has 112 valence electrons. The highest BCUT2D eigenvalue weighted by Crippen LogP contribution is 2.17. The lowest BCUT2D eigenvalue weighted by Gasteiger charge is -2.33. The molecule has 0 bridgehead atoms. The fourth-order valence-corrected chi connectivity index (χ4v) is 2.82. The van der Waals surface area contributed by atoms with Crippen molar-refractivity contribution in [3.05, 3.63) is 29.8 Å². The van der Waals surface area contributed by atoms with Crippen LogP contribution in [0.15, 0.2) is 24.3 Å². The third-order valence-corrected chi connectivity index (χ3v) is 4.07. The number of hydrogen-bond acceptors (Lipinski definition) is 3. The number of piperidine rings is 1. The SMILES string of the molecule is CC1CCCCN1CCCC(=O)Nc1cccc(C#N)c1. The summed E-state index contributed by atoms with van der Waals surface area (Å²) >= 11 is 0. The number of amides is 1. The number of nitriles is 1. The van der Waals surface area contributed by atoms with Crippen LogP contribution in [0.3, 0.4) is 0 Å². The quantitative estimate of drug-likeness (QED) is 0.904. The Balaban J connectivity index is 1.73. The van der Waals surface area contributed by atoms with Gasteiger partial charge in [-0.15, -0.1) is 0 Å². The minimum atomic E-state index is 0.0229. The number of hydrogen-bond donors (Lipinski definition) is 1. The van der Waals surface area contributed by atoms with E-state index in [1.54, 1.807) is 18.2 Å². The van der Waals surface area contributed by atoms with Crippen LogP contribution in [0.4, 0.5) is 5.69 Å². The summed E-state index contributed by atoms with van der Waals surface area (Å²) in [6.45, 7) is 4.42. The Bertz CT molecular complexity index is 521. The van der Waals surface area contributed by atoms with E-state index in [4.69, 9.17) is 5.26 Å². The summed E-state index contributed by atoms with van der Waals surface area (Å²) in [4.78, 5) is 14.4. The van der Waals surface area contributed by atoms with Gasteiger partial charge in [0.05, 0.1) is 11.6 Å². The first-order valence-electron chi connectivity index (χ1n) is 7.73. The van der Waals surface area contributed by atoms with Gasteiger partial charge in [-0.25, -0.2) is 0 Å². The molecule has 1 saturated heterocycles. The highest BCUT2D eigenvalue weighted by Gasteiger charge is 2.17. The van der Waals surface area contributed by atoms with Gasteiger partial charge in [0, 0.05) is 18.2 Å². The number of anilines is 1. The largest absolute Gasteiger partial charge is 0.326 e. The zero-order chi connectivity index (χ0) is 15.1. The second kappa shape index (κ2) is 7.80. The lowest BCUT2D eigenvalue weighted by atomic mass is 10.0. The van der Waals surface area contributed by atoms with Crippen LogP contribution in [0.1, 0.15) is 44.6 Å². The summed E-state index contributed by atoms with van der Waals surface area (Å²) in [7, 11) is 0. The van der Waals surface area contributed by atoms with Crippen molar-refractivity contribution in [1.29, 1.82) is 5.26 Å². The summed E-state index contributed by atoms with van der Waals surface area (Å²) in [5.41, 5.74) is 1.26. The Morgan fingerprint density at radius 3 is 3.10 bits per heavy atom. The molecule has 4 nitrogen and oxygen atoms in total. The van der Waals surface area contributed by atoms with Crippen molar-refractivity contribution in [1.82, 2.24) is 4.90 Å². The molecule has 1 atom stereocenters. The molecule has 0 saturated carbocycles. The molecule has 0 radical (unpaired) electrons. The number of rotatable bonds is 5. The van der Waals surface area contributed by atoms with Crippen molar-refractivity contribution >= 4 is 11.6 Å². The molecular weight excluding hydrogens is 262 g/mol. The summed E-state index contributed by atoms with van der Waals surface area (Å²) < 4.78 is 0. The molecule has 1 aromatic rings. The zero-order valence-electron chi connectivity index (χ0n) is 12.6. The van der Waals surface area contributed by atoms with E-state index in [9.17, 15) is 4.79 Å². The van der Waals surface area contributed by atoms with Crippen LogP contribution in [0.2, 0.25) is 0 Å². The molecule has 1 heterocycles. The van der Waals surface area contributed by atoms with Crippen molar-refractivity contribution < 1.29 is 4.79 Å². The van der Waals surface area contributed by atoms with Crippen LogP contribution < -0.4 is 5.32 Å². The van der Waals surface area contributed by atoms with Crippen molar-refractivity contribution in [2.45, 2.75) is 45.1 Å². The number of carbonyl (C=O) groups excluding carboxylic acids is 1. The summed E-state index contributed by atoms with van der Waals surface area (Å²) in [5.74, 6) is 0.0229. The lowest BCUT2D eigenvalue weighted by Crippen LogP contribution is -2.38. The molecule has 0 spiro atoms. The van der Waals surface area contributed by atoms with Gasteiger partial charge in [-0.05, 0) is 57.5 Å². The summed E-state index contributed by atoms with van der Waals surface area (Å²) in [5, 5.41) is 11.7. The maximum Gasteiger partial charge on any atom is 0.224 e. The molecule has 21 heavy (non-hydrogen) atoms. The number of likely N-dealkylation sites (tertiary alicyclic amines) is 1. The van der Waals surface area contributed by atoms with E-state index in [-0.39, 0.29) is 5.91 Å². The third-order valence-electron chi connectivity index (χ3n) is 4.07. The molecule has 1 unspecified atom stereocenters. The Kier molecular flexibility index (Phi) is 5.77. The van der Waals surface area contributed by atoms with Crippen LogP contribution in [0, 0.1) is 11.3 Å². The fraction of sp³-hybridized carbons (Fsp3) is 0.529. The Hall–Kier alpha value is -1.86. The monoisotopic (exact) mass is 285 g/mol. The van der Waals surface area contributed by atoms with Gasteiger partial charge >= 0.3 is 0 Å². The average Bonchev–Trinajstić information content (AvgIpc) is 2.49. The van der Waals surface area contributed by atoms with Gasteiger partial charge in [-0.1, -0.05) is 12.5 Å². The van der Waals surface area contributed by atoms with E-state index in [1.807, 2.05) is 6.07 Å². The molecule has 1 amide bonds. The van der Waals surface area contributed by atoms with E-state index in [0.29, 0.717) is 23.7 Å². The van der Waals surface area contributed by atoms with Gasteiger partial charge in [-0.2, -0.15) is 5.26 Å². The maximum atomic E-state index is 11.9. The van der Waals surface area contributed by atoms with E-state index in [2.05, 4.69) is 23.2 Å². The first-order chi connectivity index (χ1) is 10.2. The fourth-order valence-electron chi connectivity index (χ4n) is 2.82. The van der Waals surface area contributed by atoms with Crippen molar-refractivity contribution in [3.8, 4) is 6.07 Å². The van der Waals surface area contributed by atoms with Gasteiger partial charge in [0.2, 0.25) is 5.91 Å². The smallest absolute Gasteiger partial charge is 0.224 e. The number of benzene rings is 1. The van der Waals surface area contributed by atoms with Gasteiger partial charge < -0.3 is 10.2 Å². The summed E-state index contributed by atoms with van der Waals surface area (Å²) in [6, 6.07) is 9.74. The zero-order valence-corrected chi connectivity index (χ0v) is 12.6. The molecule has 0 aromatic heterocycles. The van der Waals surface area contributed by atoms with Crippen LogP contribution in [-0.2, 0) is 4.79 Å². The molecule has 4 heteroatoms. The van der Waals surface area contributed by atoms with Crippen LogP contribution in [-0.4, -0.2) is 29.9 Å². The first kappa shape index (κ1) is 15.5. The normalized spacial score (nSPS) is 19.0. The number of carbonyl (C=O) groups is 1. The molecule has 1 aliphatic rings. The summed E-state index contributed by atoms with van der Waals surface area (Å²) in [6.07, 6.45) is 5.28. The van der Waals surface area contributed by atoms with E-state index in [1.165, 1.54) is 19.3 Å². The molecule has 1 fully saturated rings. The van der Waals surface area contributed by atoms with Gasteiger partial charge in [-0.3, -0.25) is 4.79 Å². The van der Waals surface area contributed by atoms with E-state index < -0.39 is 0 Å². The van der Waals surface area contributed by atoms with Crippen molar-refractivity contribution in [2.24, 2.45) is 0 Å². The number of nitrogens with zero attached hydrogens (tertiary/aromatic N) is 2. The van der Waals surface area contributed by atoms with Crippen LogP contribution >= 0.6 is 0 Å². The van der Waals surface area contributed by atoms with Crippen LogP contribution in [0.25, 0.3) is 0 Å². The third kappa shape index (κ3) is 4.87. The Morgan fingerprint density at radius 1 is 1.48 bits per heavy atom. The van der Waals surface area contributed by atoms with Gasteiger partial charge in [0.15, 0.2) is 0 Å². The topological polar surface area (TPSA) is 56.1 Å². The first-order valence-corrected chi connectivity index (χ1v) is 7.73. The predicted molar refractivity (Wildman–Crippen MR) is 83.9 cm³/mol. The highest BCUT2D eigenvalue weighted by molar-refractivity contribution is 5.90. The molecule has 0 aliphatic carbocycles. The molecule has 2 rings (SSSR count). The van der Waals surface area contributed by atoms with Crippen molar-refractivity contribution in [3.63, 3.8) is 0 Å². The standard InChI is InChI=1S/C17H23N3O/c1-14-6-2-3-10-20(14)11-5-9-17(21)19-16-8-4-7-15(12-16)13-18/h4,7-8,12,14H,2-3,5-6,9-11H2,1H3,(H,19,21). The maximum absolute atomic E-state index is 11.9. The van der Waals surface area contributed by atoms with Gasteiger partial charge in [0.1, 0.15) is 0 Å². The second-order valence-electron chi connectivity index (χ2n) is 5.73. The van der Waals surface area contributed by atoms with E-state index >= 15 is 0 Å². The molecular formula is C17H23N3O. The molecule has 1 N–H and O–H groups in total. The lowest BCUT2D eigenvalue weighted by molar-refractivity contribution is -0.116.